The van der Waals surface area contributed by atoms with Gasteiger partial charge < -0.3 is 9.84 Å². The maximum absolute atomic E-state index is 11.7. The van der Waals surface area contributed by atoms with Crippen molar-refractivity contribution in [1.29, 1.82) is 0 Å². The van der Waals surface area contributed by atoms with E-state index in [0.29, 0.717) is 0 Å². The number of hydrogen-bond donors (Lipinski definition) is 1. The summed E-state index contributed by atoms with van der Waals surface area (Å²) in [5.41, 5.74) is 0. The molecular formula is C6H4F6O3. The molecule has 0 saturated carbocycles. The minimum absolute atomic E-state index is 1.55. The number of carbonyl (C=O) groups is 1. The van der Waals surface area contributed by atoms with Gasteiger partial charge in [-0.2, -0.15) is 26.3 Å². The summed E-state index contributed by atoms with van der Waals surface area (Å²) in [7, 11) is 0. The van der Waals surface area contributed by atoms with Crippen LogP contribution in [0, 0.1) is 0 Å². The molecule has 0 saturated heterocycles. The number of rotatable bonds is 2. The Morgan fingerprint density at radius 3 is 1.67 bits per heavy atom. The first-order valence-corrected chi connectivity index (χ1v) is 3.18. The highest BCUT2D eigenvalue weighted by molar-refractivity contribution is 5.85. The number of ether oxygens (including phenoxy) is 1. The predicted octanol–water partition coefficient (Wildman–Crippen LogP) is 2.09. The van der Waals surface area contributed by atoms with Crippen LogP contribution in [0.15, 0.2) is 12.3 Å². The zero-order valence-corrected chi connectivity index (χ0v) is 6.82. The standard InChI is InChI=1S/C6H4F6O3/c1-2(13)3(14)15-4(5(7,8)9)6(10,11)12/h4,13H,1H2. The van der Waals surface area contributed by atoms with Gasteiger partial charge in [0.2, 0.25) is 0 Å². The molecule has 0 fully saturated rings. The van der Waals surface area contributed by atoms with Crippen molar-refractivity contribution >= 4 is 5.97 Å². The Morgan fingerprint density at radius 1 is 1.13 bits per heavy atom. The highest BCUT2D eigenvalue weighted by atomic mass is 19.4. The second-order valence-electron chi connectivity index (χ2n) is 2.32. The number of halogens is 6. The zero-order valence-electron chi connectivity index (χ0n) is 6.82. The number of hydrogen-bond acceptors (Lipinski definition) is 3. The molecule has 0 aromatic heterocycles. The molecule has 0 rings (SSSR count). The van der Waals surface area contributed by atoms with Crippen LogP contribution in [-0.2, 0) is 9.53 Å². The monoisotopic (exact) mass is 238 g/mol. The van der Waals surface area contributed by atoms with Crippen LogP contribution in [0.3, 0.4) is 0 Å². The first kappa shape index (κ1) is 13.6. The van der Waals surface area contributed by atoms with Gasteiger partial charge in [0.1, 0.15) is 0 Å². The summed E-state index contributed by atoms with van der Waals surface area (Å²) in [6.45, 7) is 2.42. The SMILES string of the molecule is C=C(O)C(=O)OC(C(F)(F)F)C(F)(F)F. The molecule has 0 aromatic carbocycles. The fourth-order valence-electron chi connectivity index (χ4n) is 0.494. The highest BCUT2D eigenvalue weighted by Gasteiger charge is 2.60. The molecule has 0 aromatic rings. The summed E-state index contributed by atoms with van der Waals surface area (Å²) < 4.78 is 73.4. The normalized spacial score (nSPS) is 12.7. The fourth-order valence-corrected chi connectivity index (χ4v) is 0.494. The average Bonchev–Trinajstić information content (AvgIpc) is 1.94. The summed E-state index contributed by atoms with van der Waals surface area (Å²) in [6, 6.07) is 0. The van der Waals surface area contributed by atoms with Crippen LogP contribution in [0.4, 0.5) is 26.3 Å². The first-order valence-electron chi connectivity index (χ1n) is 3.18. The van der Waals surface area contributed by atoms with Gasteiger partial charge in [-0.1, -0.05) is 0 Å². The lowest BCUT2D eigenvalue weighted by Gasteiger charge is -2.22. The summed E-state index contributed by atoms with van der Waals surface area (Å²) in [5.74, 6) is -3.73. The van der Waals surface area contributed by atoms with Crippen LogP contribution in [0.5, 0.6) is 0 Å². The van der Waals surface area contributed by atoms with Crippen LogP contribution >= 0.6 is 0 Å². The van der Waals surface area contributed by atoms with E-state index in [2.05, 4.69) is 11.3 Å². The van der Waals surface area contributed by atoms with Gasteiger partial charge in [-0.25, -0.2) is 4.79 Å². The van der Waals surface area contributed by atoms with Gasteiger partial charge in [0, 0.05) is 0 Å². The van der Waals surface area contributed by atoms with E-state index in [-0.39, 0.29) is 0 Å². The Labute approximate surface area is 78.9 Å². The molecule has 3 nitrogen and oxygen atoms in total. The third-order valence-corrected chi connectivity index (χ3v) is 1.06. The second kappa shape index (κ2) is 3.99. The van der Waals surface area contributed by atoms with Gasteiger partial charge >= 0.3 is 18.3 Å². The maximum atomic E-state index is 11.7. The molecule has 0 atom stereocenters. The molecule has 1 N–H and O–H groups in total. The van der Waals surface area contributed by atoms with E-state index in [9.17, 15) is 31.1 Å². The van der Waals surface area contributed by atoms with E-state index in [0.717, 1.165) is 0 Å². The van der Waals surface area contributed by atoms with Gasteiger partial charge in [-0.15, -0.1) is 0 Å². The number of aliphatic hydroxyl groups is 1. The van der Waals surface area contributed by atoms with E-state index in [1.54, 1.807) is 0 Å². The molecule has 0 aliphatic heterocycles. The van der Waals surface area contributed by atoms with Crippen molar-refractivity contribution in [3.8, 4) is 0 Å². The lowest BCUT2D eigenvalue weighted by Crippen LogP contribution is -2.45. The number of aliphatic hydroxyl groups excluding tert-OH is 1. The average molecular weight is 238 g/mol. The van der Waals surface area contributed by atoms with Crippen LogP contribution in [0.1, 0.15) is 0 Å². The molecule has 15 heavy (non-hydrogen) atoms. The van der Waals surface area contributed by atoms with Crippen LogP contribution in [0.2, 0.25) is 0 Å². The largest absolute Gasteiger partial charge is 0.502 e. The summed E-state index contributed by atoms with van der Waals surface area (Å²) in [6.07, 6.45) is -15.9. The van der Waals surface area contributed by atoms with Gasteiger partial charge in [0.05, 0.1) is 0 Å². The molecule has 0 bridgehead atoms. The summed E-state index contributed by atoms with van der Waals surface area (Å²) >= 11 is 0. The van der Waals surface area contributed by atoms with Crippen LogP contribution in [-0.4, -0.2) is 29.5 Å². The number of carbonyl (C=O) groups excluding carboxylic acids is 1. The zero-order chi connectivity index (χ0) is 12.4. The lowest BCUT2D eigenvalue weighted by molar-refractivity contribution is -0.312. The van der Waals surface area contributed by atoms with Crippen molar-refractivity contribution in [2.45, 2.75) is 18.5 Å². The molecule has 0 heterocycles. The minimum atomic E-state index is -5.80. The van der Waals surface area contributed by atoms with E-state index in [1.165, 1.54) is 0 Å². The Morgan fingerprint density at radius 2 is 1.47 bits per heavy atom. The fraction of sp³-hybridized carbons (Fsp3) is 0.500. The third-order valence-electron chi connectivity index (χ3n) is 1.06. The maximum Gasteiger partial charge on any atom is 0.434 e. The second-order valence-corrected chi connectivity index (χ2v) is 2.32. The number of alkyl halides is 6. The Balaban J connectivity index is 4.85. The van der Waals surface area contributed by atoms with Gasteiger partial charge in [-0.05, 0) is 6.58 Å². The van der Waals surface area contributed by atoms with Crippen molar-refractivity contribution in [2.24, 2.45) is 0 Å². The van der Waals surface area contributed by atoms with E-state index in [1.807, 2.05) is 0 Å². The summed E-state index contributed by atoms with van der Waals surface area (Å²) in [4.78, 5) is 10.3. The topological polar surface area (TPSA) is 46.5 Å². The molecule has 0 aliphatic rings. The lowest BCUT2D eigenvalue weighted by atomic mass is 10.3. The Hall–Kier alpha value is -1.41. The van der Waals surface area contributed by atoms with Crippen molar-refractivity contribution in [1.82, 2.24) is 0 Å². The van der Waals surface area contributed by atoms with Gasteiger partial charge in [0.15, 0.2) is 5.76 Å². The molecule has 0 aliphatic carbocycles. The van der Waals surface area contributed by atoms with Gasteiger partial charge in [-0.3, -0.25) is 0 Å². The smallest absolute Gasteiger partial charge is 0.434 e. The van der Waals surface area contributed by atoms with Crippen molar-refractivity contribution in [2.75, 3.05) is 0 Å². The van der Waals surface area contributed by atoms with Crippen molar-refractivity contribution in [3.63, 3.8) is 0 Å². The first-order chi connectivity index (χ1) is 6.46. The molecule has 9 heteroatoms. The molecule has 88 valence electrons. The Kier molecular flexibility index (Phi) is 3.61. The third kappa shape index (κ3) is 4.09. The molecule has 0 amide bonds. The Bertz CT molecular complexity index is 251. The van der Waals surface area contributed by atoms with E-state index < -0.39 is 30.2 Å². The quantitative estimate of drug-likeness (QED) is 0.347. The van der Waals surface area contributed by atoms with E-state index >= 15 is 0 Å². The molecule has 0 radical (unpaired) electrons. The summed E-state index contributed by atoms with van der Waals surface area (Å²) in [5, 5.41) is 8.20. The van der Waals surface area contributed by atoms with E-state index in [4.69, 9.17) is 5.11 Å². The van der Waals surface area contributed by atoms with Gasteiger partial charge in [0.25, 0.3) is 6.10 Å². The predicted molar refractivity (Wildman–Crippen MR) is 33.8 cm³/mol. The minimum Gasteiger partial charge on any atom is -0.502 e. The van der Waals surface area contributed by atoms with Crippen LogP contribution in [0.25, 0.3) is 0 Å². The number of esters is 1. The molecule has 0 spiro atoms. The van der Waals surface area contributed by atoms with Crippen LogP contribution < -0.4 is 0 Å². The molecule has 0 unspecified atom stereocenters. The van der Waals surface area contributed by atoms with Crippen molar-refractivity contribution in [3.05, 3.63) is 12.3 Å². The highest BCUT2D eigenvalue weighted by Crippen LogP contribution is 2.35. The van der Waals surface area contributed by atoms with Crippen molar-refractivity contribution < 1.29 is 41.0 Å². The molecular weight excluding hydrogens is 234 g/mol.